The second-order valence-electron chi connectivity index (χ2n) is 4.14. The Morgan fingerprint density at radius 3 is 3.18 bits per heavy atom. The number of ether oxygens (including phenoxy) is 1. The Kier molecular flexibility index (Phi) is 2.54. The van der Waals surface area contributed by atoms with Gasteiger partial charge in [0.25, 0.3) is 0 Å². The van der Waals surface area contributed by atoms with Crippen molar-refractivity contribution in [3.63, 3.8) is 0 Å². The molecule has 1 aliphatic heterocycles. The zero-order chi connectivity index (χ0) is 11.8. The minimum absolute atomic E-state index is 0.175. The van der Waals surface area contributed by atoms with E-state index >= 15 is 0 Å². The maximum absolute atomic E-state index is 9.70. The molecule has 3 heterocycles. The zero-order valence-electron chi connectivity index (χ0n) is 9.10. The van der Waals surface area contributed by atoms with Gasteiger partial charge in [0, 0.05) is 24.2 Å². The van der Waals surface area contributed by atoms with Gasteiger partial charge in [0.15, 0.2) is 0 Å². The Morgan fingerprint density at radius 1 is 1.53 bits per heavy atom. The van der Waals surface area contributed by atoms with Crippen LogP contribution in [-0.2, 0) is 4.74 Å². The molecule has 1 aliphatic rings. The lowest BCUT2D eigenvalue weighted by Crippen LogP contribution is -2.24. The van der Waals surface area contributed by atoms with Crippen LogP contribution in [0.1, 0.15) is 12.6 Å². The summed E-state index contributed by atoms with van der Waals surface area (Å²) in [5, 5.41) is 19.7. The van der Waals surface area contributed by atoms with Gasteiger partial charge in [0.05, 0.1) is 12.7 Å². The molecule has 0 saturated carbocycles. The van der Waals surface area contributed by atoms with Crippen LogP contribution in [0.4, 0.5) is 0 Å². The van der Waals surface area contributed by atoms with Gasteiger partial charge in [-0.3, -0.25) is 0 Å². The highest BCUT2D eigenvalue weighted by Crippen LogP contribution is 2.30. The number of hydrogen-bond donors (Lipinski definition) is 2. The van der Waals surface area contributed by atoms with Gasteiger partial charge < -0.3 is 19.5 Å². The third-order valence-electron chi connectivity index (χ3n) is 3.07. The van der Waals surface area contributed by atoms with Crippen LogP contribution in [0.15, 0.2) is 24.8 Å². The first-order valence-electron chi connectivity index (χ1n) is 5.50. The minimum atomic E-state index is -0.635. The van der Waals surface area contributed by atoms with Crippen molar-refractivity contribution >= 4 is 11.0 Å². The number of rotatable bonds is 2. The highest BCUT2D eigenvalue weighted by molar-refractivity contribution is 5.74. The number of aliphatic hydroxyl groups excluding tert-OH is 2. The Balaban J connectivity index is 1.95. The van der Waals surface area contributed by atoms with E-state index in [4.69, 9.17) is 9.84 Å². The Labute approximate surface area is 97.5 Å². The Bertz CT molecular complexity index is 527. The topological polar surface area (TPSA) is 80.4 Å². The van der Waals surface area contributed by atoms with E-state index in [9.17, 15) is 5.11 Å². The molecule has 2 aromatic heterocycles. The van der Waals surface area contributed by atoms with E-state index < -0.39 is 12.2 Å². The fourth-order valence-corrected chi connectivity index (χ4v) is 2.18. The molecule has 3 unspecified atom stereocenters. The molecule has 0 spiro atoms. The average Bonchev–Trinajstić information content (AvgIpc) is 2.92. The van der Waals surface area contributed by atoms with Crippen LogP contribution < -0.4 is 0 Å². The van der Waals surface area contributed by atoms with Gasteiger partial charge in [-0.15, -0.1) is 0 Å². The summed E-state index contributed by atoms with van der Waals surface area (Å²) in [7, 11) is 0. The molecular weight excluding hydrogens is 222 g/mol. The van der Waals surface area contributed by atoms with Crippen molar-refractivity contribution in [2.75, 3.05) is 6.61 Å². The number of fused-ring (bicyclic) bond motifs is 1. The fraction of sp³-hybridized carbons (Fsp3) is 0.455. The van der Waals surface area contributed by atoms with Crippen molar-refractivity contribution in [2.24, 2.45) is 0 Å². The molecule has 2 N–H and O–H groups in total. The van der Waals surface area contributed by atoms with E-state index in [-0.39, 0.29) is 12.8 Å². The largest absolute Gasteiger partial charge is 0.394 e. The standard InChI is InChI=1S/C11H13N3O3/c15-5-9-8(16)3-10(17-9)14-2-1-7-4-12-6-13-11(7)14/h1-2,4,6,8-10,15-16H,3,5H2. The molecule has 17 heavy (non-hydrogen) atoms. The summed E-state index contributed by atoms with van der Waals surface area (Å²) in [5.41, 5.74) is 0.774. The molecular formula is C11H13N3O3. The highest BCUT2D eigenvalue weighted by atomic mass is 16.5. The van der Waals surface area contributed by atoms with Crippen LogP contribution in [0.25, 0.3) is 11.0 Å². The third kappa shape index (κ3) is 1.70. The van der Waals surface area contributed by atoms with Crippen LogP contribution in [0, 0.1) is 0 Å². The zero-order valence-corrected chi connectivity index (χ0v) is 9.10. The van der Waals surface area contributed by atoms with Crippen LogP contribution in [0.5, 0.6) is 0 Å². The molecule has 90 valence electrons. The van der Waals surface area contributed by atoms with E-state index in [2.05, 4.69) is 9.97 Å². The minimum Gasteiger partial charge on any atom is -0.394 e. The van der Waals surface area contributed by atoms with Crippen molar-refractivity contribution in [3.05, 3.63) is 24.8 Å². The summed E-state index contributed by atoms with van der Waals surface area (Å²) in [6.07, 6.45) is 4.09. The van der Waals surface area contributed by atoms with Crippen LogP contribution in [0.3, 0.4) is 0 Å². The van der Waals surface area contributed by atoms with Crippen molar-refractivity contribution in [1.29, 1.82) is 0 Å². The van der Waals surface area contributed by atoms with Gasteiger partial charge >= 0.3 is 0 Å². The summed E-state index contributed by atoms with van der Waals surface area (Å²) in [5.74, 6) is 0. The summed E-state index contributed by atoms with van der Waals surface area (Å²) in [6.45, 7) is -0.175. The van der Waals surface area contributed by atoms with Gasteiger partial charge in [0.2, 0.25) is 0 Å². The second kappa shape index (κ2) is 4.06. The highest BCUT2D eigenvalue weighted by Gasteiger charge is 2.34. The molecule has 0 amide bonds. The predicted octanol–water partition coefficient (Wildman–Crippen LogP) is 0.0720. The van der Waals surface area contributed by atoms with Crippen LogP contribution in [0.2, 0.25) is 0 Å². The molecule has 0 radical (unpaired) electrons. The van der Waals surface area contributed by atoms with E-state index in [0.29, 0.717) is 6.42 Å². The normalized spacial score (nSPS) is 28.9. The molecule has 6 heteroatoms. The van der Waals surface area contributed by atoms with Gasteiger partial charge in [-0.25, -0.2) is 9.97 Å². The second-order valence-corrected chi connectivity index (χ2v) is 4.14. The number of aliphatic hydroxyl groups is 2. The summed E-state index contributed by atoms with van der Waals surface area (Å²) in [6, 6.07) is 1.90. The third-order valence-corrected chi connectivity index (χ3v) is 3.07. The van der Waals surface area contributed by atoms with Gasteiger partial charge in [-0.05, 0) is 6.07 Å². The first-order chi connectivity index (χ1) is 8.29. The predicted molar refractivity (Wildman–Crippen MR) is 59.1 cm³/mol. The molecule has 3 rings (SSSR count). The molecule has 2 aromatic rings. The molecule has 0 aromatic carbocycles. The van der Waals surface area contributed by atoms with Gasteiger partial charge in [0.1, 0.15) is 24.3 Å². The fourth-order valence-electron chi connectivity index (χ4n) is 2.18. The van der Waals surface area contributed by atoms with E-state index in [1.807, 2.05) is 16.8 Å². The molecule has 0 aliphatic carbocycles. The lowest BCUT2D eigenvalue weighted by Gasteiger charge is -2.14. The number of hydrogen-bond acceptors (Lipinski definition) is 5. The average molecular weight is 235 g/mol. The number of aromatic nitrogens is 3. The van der Waals surface area contributed by atoms with E-state index in [1.54, 1.807) is 6.20 Å². The van der Waals surface area contributed by atoms with Crippen LogP contribution >= 0.6 is 0 Å². The molecule has 0 bridgehead atoms. The summed E-state index contributed by atoms with van der Waals surface area (Å²) >= 11 is 0. The Morgan fingerprint density at radius 2 is 2.41 bits per heavy atom. The SMILES string of the molecule is OCC1OC(n2ccc3cncnc32)CC1O. The molecule has 3 atom stereocenters. The maximum Gasteiger partial charge on any atom is 0.145 e. The lowest BCUT2D eigenvalue weighted by atomic mass is 10.2. The van der Waals surface area contributed by atoms with Crippen molar-refractivity contribution in [1.82, 2.24) is 14.5 Å². The molecule has 1 saturated heterocycles. The van der Waals surface area contributed by atoms with Crippen molar-refractivity contribution < 1.29 is 14.9 Å². The lowest BCUT2D eigenvalue weighted by molar-refractivity contribution is -0.0430. The smallest absolute Gasteiger partial charge is 0.145 e. The molecule has 6 nitrogen and oxygen atoms in total. The van der Waals surface area contributed by atoms with Crippen LogP contribution in [-0.4, -0.2) is 43.6 Å². The molecule has 1 fully saturated rings. The summed E-state index contributed by atoms with van der Waals surface area (Å²) in [4.78, 5) is 8.13. The van der Waals surface area contributed by atoms with Crippen molar-refractivity contribution in [3.8, 4) is 0 Å². The van der Waals surface area contributed by atoms with E-state index in [0.717, 1.165) is 11.0 Å². The van der Waals surface area contributed by atoms with E-state index in [1.165, 1.54) is 6.33 Å². The van der Waals surface area contributed by atoms with Crippen molar-refractivity contribution in [2.45, 2.75) is 24.9 Å². The monoisotopic (exact) mass is 235 g/mol. The Hall–Kier alpha value is -1.50. The maximum atomic E-state index is 9.70. The summed E-state index contributed by atoms with van der Waals surface area (Å²) < 4.78 is 7.43. The van der Waals surface area contributed by atoms with Gasteiger partial charge in [-0.1, -0.05) is 0 Å². The first-order valence-corrected chi connectivity index (χ1v) is 5.50. The van der Waals surface area contributed by atoms with Gasteiger partial charge in [-0.2, -0.15) is 0 Å². The quantitative estimate of drug-likeness (QED) is 0.770. The first kappa shape index (κ1) is 10.6. The number of nitrogens with zero attached hydrogens (tertiary/aromatic N) is 3.